The number of rotatable bonds is 9. The fourth-order valence-corrected chi connectivity index (χ4v) is 1.58. The maximum atomic E-state index is 12.4. The Labute approximate surface area is 133 Å². The number of urea groups is 1. The molecule has 0 aliphatic rings. The first kappa shape index (κ1) is 19.3. The van der Waals surface area contributed by atoms with Gasteiger partial charge in [0.1, 0.15) is 5.75 Å². The van der Waals surface area contributed by atoms with Crippen molar-refractivity contribution in [3.63, 3.8) is 0 Å². The second kappa shape index (κ2) is 9.43. The van der Waals surface area contributed by atoms with Crippen molar-refractivity contribution in [3.8, 4) is 11.5 Å². The largest absolute Gasteiger partial charge is 0.481 e. The summed E-state index contributed by atoms with van der Waals surface area (Å²) in [6, 6.07) is 2.05. The summed E-state index contributed by atoms with van der Waals surface area (Å²) in [5.41, 5.74) is -0.201. The van der Waals surface area contributed by atoms with Crippen molar-refractivity contribution in [3.05, 3.63) is 18.2 Å². The van der Waals surface area contributed by atoms with Crippen LogP contribution in [0.4, 0.5) is 28.0 Å². The van der Waals surface area contributed by atoms with Gasteiger partial charge in [-0.05, 0) is 18.6 Å². The molecule has 0 radical (unpaired) electrons. The van der Waals surface area contributed by atoms with Crippen LogP contribution in [-0.2, 0) is 4.79 Å². The minimum absolute atomic E-state index is 0.0374. The number of hydrogen-bond donors (Lipinski definition) is 3. The lowest BCUT2D eigenvalue weighted by Gasteiger charge is -2.14. The third-order valence-electron chi connectivity index (χ3n) is 2.50. The molecule has 1 aromatic rings. The number of carboxylic acid groups (broad SMARTS) is 1. The van der Waals surface area contributed by atoms with E-state index in [1.807, 2.05) is 0 Å². The van der Waals surface area contributed by atoms with Crippen LogP contribution in [0.3, 0.4) is 0 Å². The van der Waals surface area contributed by atoms with Crippen LogP contribution in [0.2, 0.25) is 0 Å². The fraction of sp³-hybridized carbons (Fsp3) is 0.385. The quantitative estimate of drug-likeness (QED) is 0.468. The molecule has 0 fully saturated rings. The molecule has 1 rings (SSSR count). The lowest BCUT2D eigenvalue weighted by Crippen LogP contribution is -2.30. The Balaban J connectivity index is 2.70. The van der Waals surface area contributed by atoms with E-state index < -0.39 is 36.7 Å². The third kappa shape index (κ3) is 7.51. The Morgan fingerprint density at radius 1 is 1.12 bits per heavy atom. The number of aliphatic carboxylic acids is 1. The minimum Gasteiger partial charge on any atom is -0.481 e. The molecule has 0 aromatic heterocycles. The van der Waals surface area contributed by atoms with Crippen LogP contribution < -0.4 is 20.1 Å². The van der Waals surface area contributed by atoms with Gasteiger partial charge < -0.3 is 25.2 Å². The number of halogens is 4. The van der Waals surface area contributed by atoms with E-state index in [2.05, 4.69) is 20.1 Å². The average Bonchev–Trinajstić information content (AvgIpc) is 2.45. The van der Waals surface area contributed by atoms with Gasteiger partial charge in [0.05, 0.1) is 5.69 Å². The number of hydrogen-bond acceptors (Lipinski definition) is 4. The van der Waals surface area contributed by atoms with Gasteiger partial charge in [-0.1, -0.05) is 0 Å². The van der Waals surface area contributed by atoms with Crippen molar-refractivity contribution in [1.82, 2.24) is 5.32 Å². The number of anilines is 1. The van der Waals surface area contributed by atoms with Crippen molar-refractivity contribution in [1.29, 1.82) is 0 Å². The number of carbonyl (C=O) groups is 2. The van der Waals surface area contributed by atoms with Gasteiger partial charge in [0.15, 0.2) is 5.75 Å². The van der Waals surface area contributed by atoms with Gasteiger partial charge in [-0.3, -0.25) is 4.79 Å². The Hall–Kier alpha value is -2.72. The second-order valence-corrected chi connectivity index (χ2v) is 4.29. The summed E-state index contributed by atoms with van der Waals surface area (Å²) in [4.78, 5) is 21.9. The second-order valence-electron chi connectivity index (χ2n) is 4.29. The number of alkyl halides is 4. The summed E-state index contributed by atoms with van der Waals surface area (Å²) in [7, 11) is 0. The minimum atomic E-state index is -3.24. The molecule has 3 N–H and O–H groups in total. The third-order valence-corrected chi connectivity index (χ3v) is 2.50. The molecule has 0 aliphatic carbocycles. The number of nitrogens with one attached hydrogen (secondary N) is 2. The van der Waals surface area contributed by atoms with Gasteiger partial charge in [0.2, 0.25) is 0 Å². The van der Waals surface area contributed by atoms with E-state index in [1.54, 1.807) is 0 Å². The summed E-state index contributed by atoms with van der Waals surface area (Å²) < 4.78 is 57.2. The predicted molar refractivity (Wildman–Crippen MR) is 73.6 cm³/mol. The van der Waals surface area contributed by atoms with Crippen molar-refractivity contribution in [2.75, 3.05) is 11.9 Å². The van der Waals surface area contributed by atoms with Crippen LogP contribution >= 0.6 is 0 Å². The normalized spacial score (nSPS) is 10.6. The molecule has 24 heavy (non-hydrogen) atoms. The lowest BCUT2D eigenvalue weighted by molar-refractivity contribution is -0.137. The van der Waals surface area contributed by atoms with E-state index in [4.69, 9.17) is 5.11 Å². The molecule has 0 bridgehead atoms. The van der Waals surface area contributed by atoms with Crippen molar-refractivity contribution < 1.29 is 41.7 Å². The van der Waals surface area contributed by atoms with E-state index in [0.29, 0.717) is 0 Å². The van der Waals surface area contributed by atoms with E-state index >= 15 is 0 Å². The Morgan fingerprint density at radius 3 is 2.38 bits per heavy atom. The first-order valence-electron chi connectivity index (χ1n) is 6.58. The Kier molecular flexibility index (Phi) is 7.59. The summed E-state index contributed by atoms with van der Waals surface area (Å²) in [5, 5.41) is 12.9. The molecule has 11 heteroatoms. The Bertz CT molecular complexity index is 571. The number of benzene rings is 1. The van der Waals surface area contributed by atoms with Gasteiger partial charge >= 0.3 is 25.2 Å². The molecule has 1 aromatic carbocycles. The summed E-state index contributed by atoms with van der Waals surface area (Å²) in [6.45, 7) is -6.36. The highest BCUT2D eigenvalue weighted by atomic mass is 19.3. The molecule has 0 saturated heterocycles. The summed E-state index contributed by atoms with van der Waals surface area (Å²) in [6.07, 6.45) is 0.0179. The van der Waals surface area contributed by atoms with Crippen LogP contribution in [-0.4, -0.2) is 36.9 Å². The summed E-state index contributed by atoms with van der Waals surface area (Å²) >= 11 is 0. The van der Waals surface area contributed by atoms with E-state index in [1.165, 1.54) is 0 Å². The highest BCUT2D eigenvalue weighted by molar-refractivity contribution is 5.91. The van der Waals surface area contributed by atoms with Crippen molar-refractivity contribution in [2.24, 2.45) is 0 Å². The maximum Gasteiger partial charge on any atom is 0.387 e. The zero-order valence-corrected chi connectivity index (χ0v) is 12.1. The molecular weight excluding hydrogens is 340 g/mol. The zero-order valence-electron chi connectivity index (χ0n) is 12.1. The molecule has 0 heterocycles. The van der Waals surface area contributed by atoms with Gasteiger partial charge in [0, 0.05) is 19.0 Å². The van der Waals surface area contributed by atoms with Gasteiger partial charge in [0.25, 0.3) is 0 Å². The van der Waals surface area contributed by atoms with E-state index in [-0.39, 0.29) is 25.1 Å². The highest BCUT2D eigenvalue weighted by Gasteiger charge is 2.15. The van der Waals surface area contributed by atoms with E-state index in [0.717, 1.165) is 18.2 Å². The zero-order chi connectivity index (χ0) is 18.1. The number of ether oxygens (including phenoxy) is 2. The summed E-state index contributed by atoms with van der Waals surface area (Å²) in [5.74, 6) is -2.02. The average molecular weight is 354 g/mol. The molecule has 0 atom stereocenters. The molecule has 2 amide bonds. The number of amides is 2. The first-order chi connectivity index (χ1) is 11.3. The van der Waals surface area contributed by atoms with Crippen LogP contribution in [0, 0.1) is 0 Å². The van der Waals surface area contributed by atoms with E-state index in [9.17, 15) is 27.2 Å². The maximum absolute atomic E-state index is 12.4. The van der Waals surface area contributed by atoms with Gasteiger partial charge in [-0.2, -0.15) is 17.6 Å². The number of carboxylic acids is 1. The standard InChI is InChI=1S/C13H14F4N2O5/c14-11(15)23-7-3-4-8(9(6-7)24-12(16)17)19-13(22)18-5-1-2-10(20)21/h3-4,6,11-12H,1-2,5H2,(H,20,21)(H2,18,19,22). The molecule has 0 spiro atoms. The Morgan fingerprint density at radius 2 is 1.79 bits per heavy atom. The van der Waals surface area contributed by atoms with Crippen molar-refractivity contribution >= 4 is 17.7 Å². The molecule has 134 valence electrons. The number of carbonyl (C=O) groups excluding carboxylic acids is 1. The van der Waals surface area contributed by atoms with Gasteiger partial charge in [-0.25, -0.2) is 4.79 Å². The topological polar surface area (TPSA) is 96.9 Å². The molecule has 0 aliphatic heterocycles. The lowest BCUT2D eigenvalue weighted by atomic mass is 10.2. The SMILES string of the molecule is O=C(O)CCCNC(=O)Nc1ccc(OC(F)F)cc1OC(F)F. The smallest absolute Gasteiger partial charge is 0.387 e. The van der Waals surface area contributed by atoms with Crippen LogP contribution in [0.1, 0.15) is 12.8 Å². The molecule has 0 saturated carbocycles. The highest BCUT2D eigenvalue weighted by Crippen LogP contribution is 2.31. The van der Waals surface area contributed by atoms with Crippen LogP contribution in [0.15, 0.2) is 18.2 Å². The van der Waals surface area contributed by atoms with Crippen LogP contribution in [0.5, 0.6) is 11.5 Å². The van der Waals surface area contributed by atoms with Gasteiger partial charge in [-0.15, -0.1) is 0 Å². The molecule has 7 nitrogen and oxygen atoms in total. The monoisotopic (exact) mass is 354 g/mol. The molecule has 0 unspecified atom stereocenters. The van der Waals surface area contributed by atoms with Crippen molar-refractivity contribution in [2.45, 2.75) is 26.1 Å². The predicted octanol–water partition coefficient (Wildman–Crippen LogP) is 2.88. The molecular formula is C13H14F4N2O5. The van der Waals surface area contributed by atoms with Crippen LogP contribution in [0.25, 0.3) is 0 Å². The first-order valence-corrected chi connectivity index (χ1v) is 6.58. The fourth-order valence-electron chi connectivity index (χ4n) is 1.58.